The Morgan fingerprint density at radius 3 is 2.68 bits per heavy atom. The maximum atomic E-state index is 6.03. The summed E-state index contributed by atoms with van der Waals surface area (Å²) in [6.07, 6.45) is 2.15. The monoisotopic (exact) mass is 416 g/mol. The van der Waals surface area contributed by atoms with E-state index >= 15 is 0 Å². The number of likely N-dealkylation sites (tertiary alicyclic amines) is 1. The van der Waals surface area contributed by atoms with Crippen molar-refractivity contribution in [3.05, 3.63) is 77.4 Å². The number of aryl methyl sites for hydroxylation is 2. The number of para-hydroxylation sites is 1. The summed E-state index contributed by atoms with van der Waals surface area (Å²) in [5.74, 6) is 2.96. The first-order valence-electron chi connectivity index (χ1n) is 10.5. The van der Waals surface area contributed by atoms with E-state index in [2.05, 4.69) is 15.2 Å². The van der Waals surface area contributed by atoms with Crippen LogP contribution >= 0.6 is 0 Å². The minimum absolute atomic E-state index is 0.202. The quantitative estimate of drug-likeness (QED) is 0.412. The van der Waals surface area contributed by atoms with Gasteiger partial charge in [0, 0.05) is 12.1 Å². The predicted octanol–water partition coefficient (Wildman–Crippen LogP) is 5.47. The van der Waals surface area contributed by atoms with Crippen LogP contribution in [0.25, 0.3) is 11.5 Å². The summed E-state index contributed by atoms with van der Waals surface area (Å²) in [7, 11) is 0. The molecule has 0 unspecified atom stereocenters. The Labute approximate surface area is 180 Å². The molecule has 1 atom stereocenters. The fourth-order valence-corrected chi connectivity index (χ4v) is 4.07. The second kappa shape index (κ2) is 8.35. The largest absolute Gasteiger partial charge is 0.457 e. The Balaban J connectivity index is 1.35. The van der Waals surface area contributed by atoms with E-state index < -0.39 is 0 Å². The van der Waals surface area contributed by atoms with Crippen LogP contribution in [0.5, 0.6) is 11.5 Å². The molecule has 1 fully saturated rings. The van der Waals surface area contributed by atoms with Gasteiger partial charge in [0.1, 0.15) is 28.6 Å². The molecule has 1 aliphatic heterocycles. The molecule has 5 rings (SSSR count). The zero-order chi connectivity index (χ0) is 21.2. The van der Waals surface area contributed by atoms with Crippen LogP contribution in [0.3, 0.4) is 0 Å². The topological polar surface area (TPSA) is 77.4 Å². The molecule has 0 radical (unpaired) electrons. The summed E-state index contributed by atoms with van der Waals surface area (Å²) < 4.78 is 16.9. The molecule has 0 bridgehead atoms. The highest BCUT2D eigenvalue weighted by molar-refractivity contribution is 5.57. The van der Waals surface area contributed by atoms with Crippen molar-refractivity contribution in [2.75, 3.05) is 6.54 Å². The molecule has 7 nitrogen and oxygen atoms in total. The Morgan fingerprint density at radius 2 is 1.87 bits per heavy atom. The van der Waals surface area contributed by atoms with Crippen LogP contribution in [-0.2, 0) is 6.54 Å². The van der Waals surface area contributed by atoms with Crippen molar-refractivity contribution in [2.24, 2.45) is 0 Å². The lowest BCUT2D eigenvalue weighted by Crippen LogP contribution is -2.24. The SMILES string of the molecule is Cc1nonc1[C@H]1CCCN1Cc1nc(-c2cccc(Oc3ccccc3)c2)oc1C. The Bertz CT molecular complexity index is 1170. The van der Waals surface area contributed by atoms with Gasteiger partial charge in [0.15, 0.2) is 0 Å². The van der Waals surface area contributed by atoms with E-state index in [9.17, 15) is 0 Å². The molecule has 4 aromatic rings. The normalized spacial score (nSPS) is 16.6. The third-order valence-corrected chi connectivity index (χ3v) is 5.67. The summed E-state index contributed by atoms with van der Waals surface area (Å²) in [5.41, 5.74) is 3.59. The number of benzene rings is 2. The number of oxazole rings is 1. The summed E-state index contributed by atoms with van der Waals surface area (Å²) in [4.78, 5) is 7.18. The zero-order valence-electron chi connectivity index (χ0n) is 17.6. The van der Waals surface area contributed by atoms with E-state index in [0.717, 1.165) is 59.3 Å². The Morgan fingerprint density at radius 1 is 1.03 bits per heavy atom. The number of rotatable bonds is 6. The number of hydrogen-bond donors (Lipinski definition) is 0. The lowest BCUT2D eigenvalue weighted by molar-refractivity contribution is 0.228. The molecule has 0 spiro atoms. The molecule has 0 N–H and O–H groups in total. The zero-order valence-corrected chi connectivity index (χ0v) is 17.6. The van der Waals surface area contributed by atoms with Crippen molar-refractivity contribution in [3.8, 4) is 23.0 Å². The number of ether oxygens (including phenoxy) is 1. The van der Waals surface area contributed by atoms with Crippen LogP contribution in [0.2, 0.25) is 0 Å². The highest BCUT2D eigenvalue weighted by Crippen LogP contribution is 2.34. The van der Waals surface area contributed by atoms with Gasteiger partial charge in [-0.25, -0.2) is 9.61 Å². The smallest absolute Gasteiger partial charge is 0.226 e. The van der Waals surface area contributed by atoms with Gasteiger partial charge in [-0.2, -0.15) is 0 Å². The van der Waals surface area contributed by atoms with Crippen LogP contribution in [-0.4, -0.2) is 26.7 Å². The lowest BCUT2D eigenvalue weighted by Gasteiger charge is -2.21. The van der Waals surface area contributed by atoms with Crippen LogP contribution in [0, 0.1) is 13.8 Å². The van der Waals surface area contributed by atoms with Crippen molar-refractivity contribution in [1.29, 1.82) is 0 Å². The van der Waals surface area contributed by atoms with Crippen molar-refractivity contribution in [3.63, 3.8) is 0 Å². The van der Waals surface area contributed by atoms with Gasteiger partial charge in [-0.1, -0.05) is 34.6 Å². The summed E-state index contributed by atoms with van der Waals surface area (Å²) in [5, 5.41) is 8.07. The van der Waals surface area contributed by atoms with Gasteiger partial charge < -0.3 is 9.15 Å². The fourth-order valence-electron chi connectivity index (χ4n) is 4.07. The van der Waals surface area contributed by atoms with Crippen LogP contribution in [0.15, 0.2) is 63.6 Å². The van der Waals surface area contributed by atoms with Crippen molar-refractivity contribution >= 4 is 0 Å². The maximum absolute atomic E-state index is 6.03. The Kier molecular flexibility index (Phi) is 5.26. The van der Waals surface area contributed by atoms with Crippen LogP contribution < -0.4 is 4.74 Å². The maximum Gasteiger partial charge on any atom is 0.226 e. The minimum atomic E-state index is 0.202. The third kappa shape index (κ3) is 4.09. The van der Waals surface area contributed by atoms with Gasteiger partial charge in [-0.15, -0.1) is 0 Å². The van der Waals surface area contributed by atoms with Crippen LogP contribution in [0.4, 0.5) is 0 Å². The standard InChI is InChI=1S/C24H24N4O3/c1-16-23(27-31-26-16)22-12-7-13-28(22)15-21-17(2)29-24(25-21)18-8-6-11-20(14-18)30-19-9-4-3-5-10-19/h3-6,8-11,14,22H,7,12-13,15H2,1-2H3/t22-/m1/s1. The number of hydrogen-bond acceptors (Lipinski definition) is 7. The Hall–Kier alpha value is -3.45. The fraction of sp³-hybridized carbons (Fsp3) is 0.292. The molecule has 2 aromatic heterocycles. The van der Waals surface area contributed by atoms with Crippen molar-refractivity contribution < 1.29 is 13.8 Å². The van der Waals surface area contributed by atoms with Gasteiger partial charge in [0.25, 0.3) is 0 Å². The molecular formula is C24H24N4O3. The van der Waals surface area contributed by atoms with Gasteiger partial charge in [0.05, 0.1) is 11.7 Å². The molecule has 1 aliphatic rings. The molecule has 0 aliphatic carbocycles. The molecular weight excluding hydrogens is 392 g/mol. The van der Waals surface area contributed by atoms with E-state index in [1.54, 1.807) is 0 Å². The average molecular weight is 416 g/mol. The molecule has 0 saturated carbocycles. The first-order valence-corrected chi connectivity index (χ1v) is 10.5. The molecule has 1 saturated heterocycles. The van der Waals surface area contributed by atoms with E-state index in [0.29, 0.717) is 12.4 Å². The summed E-state index contributed by atoms with van der Waals surface area (Å²) in [6, 6.07) is 17.7. The highest BCUT2D eigenvalue weighted by Gasteiger charge is 2.31. The van der Waals surface area contributed by atoms with E-state index in [1.807, 2.05) is 68.4 Å². The lowest BCUT2D eigenvalue weighted by atomic mass is 10.1. The number of nitrogens with zero attached hydrogens (tertiary/aromatic N) is 4. The minimum Gasteiger partial charge on any atom is -0.457 e. The van der Waals surface area contributed by atoms with E-state index in [-0.39, 0.29) is 6.04 Å². The van der Waals surface area contributed by atoms with Gasteiger partial charge >= 0.3 is 0 Å². The molecule has 31 heavy (non-hydrogen) atoms. The average Bonchev–Trinajstić information content (AvgIpc) is 3.50. The highest BCUT2D eigenvalue weighted by atomic mass is 16.6. The van der Waals surface area contributed by atoms with Crippen molar-refractivity contribution in [2.45, 2.75) is 39.3 Å². The summed E-state index contributed by atoms with van der Waals surface area (Å²) >= 11 is 0. The van der Waals surface area contributed by atoms with E-state index in [1.165, 1.54) is 0 Å². The second-order valence-corrected chi connectivity index (χ2v) is 7.83. The number of aromatic nitrogens is 3. The molecule has 3 heterocycles. The third-order valence-electron chi connectivity index (χ3n) is 5.67. The van der Waals surface area contributed by atoms with Gasteiger partial charge in [0.2, 0.25) is 5.89 Å². The van der Waals surface area contributed by atoms with Gasteiger partial charge in [-0.05, 0) is 63.6 Å². The second-order valence-electron chi connectivity index (χ2n) is 7.83. The van der Waals surface area contributed by atoms with Crippen LogP contribution in [0.1, 0.15) is 41.7 Å². The molecule has 2 aromatic carbocycles. The molecule has 158 valence electrons. The molecule has 7 heteroatoms. The van der Waals surface area contributed by atoms with E-state index in [4.69, 9.17) is 18.8 Å². The van der Waals surface area contributed by atoms with Crippen molar-refractivity contribution in [1.82, 2.24) is 20.2 Å². The first-order chi connectivity index (χ1) is 15.2. The van der Waals surface area contributed by atoms with Gasteiger partial charge in [-0.3, -0.25) is 4.90 Å². The molecule has 0 amide bonds. The predicted molar refractivity (Wildman–Crippen MR) is 115 cm³/mol. The first kappa shape index (κ1) is 19.5. The summed E-state index contributed by atoms with van der Waals surface area (Å²) in [6.45, 7) is 5.59.